The van der Waals surface area contributed by atoms with Crippen LogP contribution in [-0.2, 0) is 4.79 Å². The van der Waals surface area contributed by atoms with E-state index in [9.17, 15) is 4.79 Å². The minimum Gasteiger partial charge on any atom is -0.355 e. The smallest absolute Gasteiger partial charge is 0.230 e. The van der Waals surface area contributed by atoms with Gasteiger partial charge in [-0.2, -0.15) is 0 Å². The number of fused-ring (bicyclic) bond motifs is 3. The normalized spacial score (nSPS) is 11.1. The second-order valence-corrected chi connectivity index (χ2v) is 5.63. The van der Waals surface area contributed by atoms with Gasteiger partial charge < -0.3 is 9.72 Å². The average Bonchev–Trinajstić information content (AvgIpc) is 3.00. The van der Waals surface area contributed by atoms with Gasteiger partial charge >= 0.3 is 0 Å². The fourth-order valence-corrected chi connectivity index (χ4v) is 2.97. The molecule has 3 aromatic rings. The number of hydrogen-bond donors (Lipinski definition) is 1. The SMILES string of the molecule is CCCNC(=O)CSc1nc2ncccc2n2cccc12. The Morgan fingerprint density at radius 1 is 1.33 bits per heavy atom. The highest BCUT2D eigenvalue weighted by molar-refractivity contribution is 8.00. The van der Waals surface area contributed by atoms with Crippen molar-refractivity contribution in [3.8, 4) is 0 Å². The molecule has 0 saturated carbocycles. The van der Waals surface area contributed by atoms with E-state index in [1.54, 1.807) is 6.20 Å². The van der Waals surface area contributed by atoms with Gasteiger partial charge in [0.1, 0.15) is 5.03 Å². The highest BCUT2D eigenvalue weighted by Gasteiger charge is 2.10. The van der Waals surface area contributed by atoms with Gasteiger partial charge in [0.05, 0.1) is 16.8 Å². The quantitative estimate of drug-likeness (QED) is 0.736. The maximum absolute atomic E-state index is 11.7. The molecule has 0 aromatic carbocycles. The average molecular weight is 300 g/mol. The number of aromatic nitrogens is 3. The molecule has 3 aromatic heterocycles. The Bertz CT molecular complexity index is 784. The highest BCUT2D eigenvalue weighted by atomic mass is 32.2. The molecule has 6 heteroatoms. The molecule has 1 N–H and O–H groups in total. The monoisotopic (exact) mass is 300 g/mol. The lowest BCUT2D eigenvalue weighted by atomic mass is 10.4. The number of nitrogens with one attached hydrogen (secondary N) is 1. The number of nitrogens with zero attached hydrogens (tertiary/aromatic N) is 3. The van der Waals surface area contributed by atoms with Gasteiger partial charge in [-0.25, -0.2) is 9.97 Å². The van der Waals surface area contributed by atoms with Gasteiger partial charge in [0.2, 0.25) is 5.91 Å². The molecule has 108 valence electrons. The number of pyridine rings is 1. The summed E-state index contributed by atoms with van der Waals surface area (Å²) < 4.78 is 2.06. The molecule has 0 aliphatic carbocycles. The molecular weight excluding hydrogens is 284 g/mol. The van der Waals surface area contributed by atoms with Crippen molar-refractivity contribution in [3.63, 3.8) is 0 Å². The van der Waals surface area contributed by atoms with E-state index in [0.717, 1.165) is 22.5 Å². The van der Waals surface area contributed by atoms with Crippen molar-refractivity contribution in [1.29, 1.82) is 0 Å². The van der Waals surface area contributed by atoms with Gasteiger partial charge in [-0.3, -0.25) is 4.79 Å². The lowest BCUT2D eigenvalue weighted by Crippen LogP contribution is -2.25. The molecule has 0 atom stereocenters. The Labute approximate surface area is 126 Å². The summed E-state index contributed by atoms with van der Waals surface area (Å²) in [7, 11) is 0. The Kier molecular flexibility index (Phi) is 4.06. The minimum absolute atomic E-state index is 0.0365. The fraction of sp³-hybridized carbons (Fsp3) is 0.267. The van der Waals surface area contributed by atoms with E-state index in [-0.39, 0.29) is 5.91 Å². The van der Waals surface area contributed by atoms with E-state index >= 15 is 0 Å². The zero-order valence-electron chi connectivity index (χ0n) is 11.7. The largest absolute Gasteiger partial charge is 0.355 e. The first-order valence-corrected chi connectivity index (χ1v) is 7.89. The third kappa shape index (κ3) is 2.85. The van der Waals surface area contributed by atoms with Gasteiger partial charge in [0, 0.05) is 18.9 Å². The fourth-order valence-electron chi connectivity index (χ4n) is 2.14. The summed E-state index contributed by atoms with van der Waals surface area (Å²) in [6, 6.07) is 7.87. The molecule has 3 heterocycles. The minimum atomic E-state index is 0.0365. The lowest BCUT2D eigenvalue weighted by Gasteiger charge is -2.07. The molecular formula is C15H16N4OS. The first-order valence-electron chi connectivity index (χ1n) is 6.91. The summed E-state index contributed by atoms with van der Waals surface area (Å²) in [5.41, 5.74) is 2.67. The summed E-state index contributed by atoms with van der Waals surface area (Å²) in [5.74, 6) is 0.404. The van der Waals surface area contributed by atoms with Crippen LogP contribution in [0.15, 0.2) is 41.7 Å². The van der Waals surface area contributed by atoms with Crippen LogP contribution in [0.3, 0.4) is 0 Å². The maximum atomic E-state index is 11.7. The second-order valence-electron chi connectivity index (χ2n) is 4.67. The summed E-state index contributed by atoms with van der Waals surface area (Å²) in [4.78, 5) is 20.6. The first-order chi connectivity index (χ1) is 10.3. The molecule has 0 spiro atoms. The Balaban J connectivity index is 1.90. The van der Waals surface area contributed by atoms with E-state index in [2.05, 4.69) is 19.7 Å². The zero-order valence-corrected chi connectivity index (χ0v) is 12.6. The summed E-state index contributed by atoms with van der Waals surface area (Å²) in [6.45, 7) is 2.75. The standard InChI is InChI=1S/C15H16N4OS/c1-2-7-16-13(20)10-21-15-12-6-4-9-19(12)11-5-3-8-17-14(11)18-15/h3-6,8-9H,2,7,10H2,1H3,(H,16,20). The predicted molar refractivity (Wildman–Crippen MR) is 84.5 cm³/mol. The van der Waals surface area contributed by atoms with Crippen LogP contribution in [0.1, 0.15) is 13.3 Å². The van der Waals surface area contributed by atoms with Crippen LogP contribution in [0.25, 0.3) is 16.7 Å². The van der Waals surface area contributed by atoms with E-state index < -0.39 is 0 Å². The van der Waals surface area contributed by atoms with E-state index in [0.29, 0.717) is 17.9 Å². The van der Waals surface area contributed by atoms with E-state index in [4.69, 9.17) is 0 Å². The van der Waals surface area contributed by atoms with Gasteiger partial charge in [-0.15, -0.1) is 0 Å². The van der Waals surface area contributed by atoms with Crippen molar-refractivity contribution in [3.05, 3.63) is 36.7 Å². The Morgan fingerprint density at radius 2 is 2.19 bits per heavy atom. The molecule has 0 radical (unpaired) electrons. The first kappa shape index (κ1) is 13.9. The van der Waals surface area contributed by atoms with Crippen LogP contribution < -0.4 is 5.32 Å². The van der Waals surface area contributed by atoms with Crippen LogP contribution in [0.2, 0.25) is 0 Å². The second kappa shape index (κ2) is 6.13. The van der Waals surface area contributed by atoms with Crippen LogP contribution in [-0.4, -0.2) is 32.6 Å². The maximum Gasteiger partial charge on any atom is 0.230 e. The molecule has 3 rings (SSSR count). The molecule has 5 nitrogen and oxygen atoms in total. The third-order valence-electron chi connectivity index (χ3n) is 3.11. The van der Waals surface area contributed by atoms with Crippen LogP contribution >= 0.6 is 11.8 Å². The van der Waals surface area contributed by atoms with Crippen molar-refractivity contribution in [2.75, 3.05) is 12.3 Å². The van der Waals surface area contributed by atoms with Crippen molar-refractivity contribution in [2.24, 2.45) is 0 Å². The molecule has 1 amide bonds. The topological polar surface area (TPSA) is 59.3 Å². The predicted octanol–water partition coefficient (Wildman–Crippen LogP) is 2.50. The Hall–Kier alpha value is -2.08. The third-order valence-corrected chi connectivity index (χ3v) is 4.09. The highest BCUT2D eigenvalue weighted by Crippen LogP contribution is 2.25. The summed E-state index contributed by atoms with van der Waals surface area (Å²) in [5, 5.41) is 3.70. The van der Waals surface area contributed by atoms with E-state index in [1.165, 1.54) is 11.8 Å². The van der Waals surface area contributed by atoms with Crippen molar-refractivity contribution in [1.82, 2.24) is 19.7 Å². The van der Waals surface area contributed by atoms with Crippen molar-refractivity contribution < 1.29 is 4.79 Å². The van der Waals surface area contributed by atoms with Crippen LogP contribution in [0, 0.1) is 0 Å². The lowest BCUT2D eigenvalue weighted by molar-refractivity contribution is -0.118. The molecule has 0 bridgehead atoms. The number of hydrogen-bond acceptors (Lipinski definition) is 4. The molecule has 0 aliphatic rings. The van der Waals surface area contributed by atoms with Gasteiger partial charge in [-0.1, -0.05) is 18.7 Å². The summed E-state index contributed by atoms with van der Waals surface area (Å²) in [6.07, 6.45) is 4.66. The molecule has 0 aliphatic heterocycles. The number of rotatable bonds is 5. The van der Waals surface area contributed by atoms with Gasteiger partial charge in [0.15, 0.2) is 5.65 Å². The van der Waals surface area contributed by atoms with Crippen molar-refractivity contribution in [2.45, 2.75) is 18.4 Å². The summed E-state index contributed by atoms with van der Waals surface area (Å²) >= 11 is 1.44. The Morgan fingerprint density at radius 3 is 3.05 bits per heavy atom. The van der Waals surface area contributed by atoms with Crippen LogP contribution in [0.4, 0.5) is 0 Å². The number of carbonyl (C=O) groups is 1. The zero-order chi connectivity index (χ0) is 14.7. The van der Waals surface area contributed by atoms with Crippen LogP contribution in [0.5, 0.6) is 0 Å². The van der Waals surface area contributed by atoms with Gasteiger partial charge in [-0.05, 0) is 30.7 Å². The molecule has 0 saturated heterocycles. The van der Waals surface area contributed by atoms with Gasteiger partial charge in [0.25, 0.3) is 0 Å². The molecule has 21 heavy (non-hydrogen) atoms. The number of amides is 1. The molecule has 0 unspecified atom stereocenters. The number of thioether (sulfide) groups is 1. The number of carbonyl (C=O) groups excluding carboxylic acids is 1. The molecule has 0 fully saturated rings. The van der Waals surface area contributed by atoms with E-state index in [1.807, 2.05) is 37.4 Å². The van der Waals surface area contributed by atoms with Crippen molar-refractivity contribution >= 4 is 34.3 Å².